The predicted octanol–water partition coefficient (Wildman–Crippen LogP) is 1.23. The summed E-state index contributed by atoms with van der Waals surface area (Å²) in [6.45, 7) is 3.08. The average Bonchev–Trinajstić information content (AvgIpc) is 2.18. The molecule has 2 atom stereocenters. The fraction of sp³-hybridized carbons (Fsp3) is 0.900. The molecule has 1 aliphatic heterocycles. The second kappa shape index (κ2) is 5.92. The topological polar surface area (TPSA) is 75.8 Å². The molecule has 0 aliphatic carbocycles. The molecule has 1 amide bonds. The predicted molar refractivity (Wildman–Crippen MR) is 56.6 cm³/mol. The third kappa shape index (κ3) is 3.68. The number of amides is 1. The molecule has 15 heavy (non-hydrogen) atoms. The lowest BCUT2D eigenvalue weighted by Crippen LogP contribution is -2.45. The molecule has 0 aromatic carbocycles. The van der Waals surface area contributed by atoms with Crippen molar-refractivity contribution in [3.63, 3.8) is 0 Å². The van der Waals surface area contributed by atoms with E-state index in [2.05, 4.69) is 0 Å². The lowest BCUT2D eigenvalue weighted by molar-refractivity contribution is -0.0988. The van der Waals surface area contributed by atoms with Crippen LogP contribution in [-0.4, -0.2) is 41.5 Å². The summed E-state index contributed by atoms with van der Waals surface area (Å²) >= 11 is 0. The van der Waals surface area contributed by atoms with Gasteiger partial charge in [-0.25, -0.2) is 4.79 Å². The molecule has 5 heteroatoms. The second-order valence-corrected chi connectivity index (χ2v) is 3.95. The number of likely N-dealkylation sites (tertiary alicyclic amines) is 1. The van der Waals surface area contributed by atoms with Crippen LogP contribution in [0.25, 0.3) is 0 Å². The van der Waals surface area contributed by atoms with Crippen molar-refractivity contribution in [1.82, 2.24) is 4.90 Å². The van der Waals surface area contributed by atoms with E-state index in [4.69, 9.17) is 15.6 Å². The molecular formula is C10H20N2O3. The minimum absolute atomic E-state index is 0.0277. The summed E-state index contributed by atoms with van der Waals surface area (Å²) in [5, 5.41) is 8.97. The van der Waals surface area contributed by atoms with Crippen LogP contribution in [0.15, 0.2) is 0 Å². The molecule has 0 bridgehead atoms. The zero-order valence-corrected chi connectivity index (χ0v) is 9.19. The number of hydrogen-bond acceptors (Lipinski definition) is 3. The molecule has 0 radical (unpaired) electrons. The smallest absolute Gasteiger partial charge is 0.409 e. The Morgan fingerprint density at radius 3 is 3.00 bits per heavy atom. The molecule has 5 nitrogen and oxygen atoms in total. The molecule has 0 aromatic rings. The number of piperidine rings is 1. The lowest BCUT2D eigenvalue weighted by Gasteiger charge is -2.34. The molecule has 88 valence electrons. The Hall–Kier alpha value is -0.810. The molecular weight excluding hydrogens is 196 g/mol. The van der Waals surface area contributed by atoms with E-state index >= 15 is 0 Å². The van der Waals surface area contributed by atoms with Crippen LogP contribution in [-0.2, 0) is 4.74 Å². The highest BCUT2D eigenvalue weighted by Gasteiger charge is 2.27. The summed E-state index contributed by atoms with van der Waals surface area (Å²) in [6, 6.07) is 0. The monoisotopic (exact) mass is 216 g/mol. The van der Waals surface area contributed by atoms with Gasteiger partial charge in [0.15, 0.2) is 0 Å². The summed E-state index contributed by atoms with van der Waals surface area (Å²) < 4.78 is 5.67. The maximum Gasteiger partial charge on any atom is 0.409 e. The molecule has 1 rings (SSSR count). The summed E-state index contributed by atoms with van der Waals surface area (Å²) in [4.78, 5) is 12.3. The average molecular weight is 216 g/mol. The van der Waals surface area contributed by atoms with Gasteiger partial charge in [-0.1, -0.05) is 0 Å². The Morgan fingerprint density at radius 1 is 1.67 bits per heavy atom. The first-order chi connectivity index (χ1) is 7.15. The van der Waals surface area contributed by atoms with Gasteiger partial charge in [0.05, 0.1) is 6.10 Å². The molecule has 1 heterocycles. The van der Waals surface area contributed by atoms with Gasteiger partial charge in [-0.05, 0) is 39.2 Å². The van der Waals surface area contributed by atoms with Gasteiger partial charge in [-0.2, -0.15) is 0 Å². The van der Waals surface area contributed by atoms with Gasteiger partial charge in [0, 0.05) is 6.54 Å². The first-order valence-corrected chi connectivity index (χ1v) is 5.50. The number of ether oxygens (including phenoxy) is 1. The van der Waals surface area contributed by atoms with Crippen LogP contribution in [0.1, 0.15) is 32.6 Å². The Labute approximate surface area is 90.2 Å². The van der Waals surface area contributed by atoms with Gasteiger partial charge in [-0.15, -0.1) is 0 Å². The maximum absolute atomic E-state index is 10.9. The number of carbonyl (C=O) groups is 1. The molecule has 1 fully saturated rings. The van der Waals surface area contributed by atoms with E-state index in [1.165, 1.54) is 4.90 Å². The van der Waals surface area contributed by atoms with Crippen LogP contribution in [0, 0.1) is 0 Å². The van der Waals surface area contributed by atoms with Crippen molar-refractivity contribution >= 4 is 6.09 Å². The van der Waals surface area contributed by atoms with Crippen LogP contribution >= 0.6 is 0 Å². The number of nitrogens with zero attached hydrogens (tertiary/aromatic N) is 1. The first kappa shape index (κ1) is 12.3. The number of hydrogen-bond donors (Lipinski definition) is 2. The minimum atomic E-state index is -0.889. The van der Waals surface area contributed by atoms with Crippen LogP contribution < -0.4 is 5.73 Å². The van der Waals surface area contributed by atoms with Gasteiger partial charge >= 0.3 is 6.09 Å². The molecule has 1 aliphatic rings. The molecule has 0 spiro atoms. The highest BCUT2D eigenvalue weighted by molar-refractivity contribution is 5.65. The zero-order valence-electron chi connectivity index (χ0n) is 9.19. The zero-order chi connectivity index (χ0) is 11.3. The standard InChI is InChI=1S/C10H20N2O3/c1-8(5-6-11)15-9-4-2-3-7-12(9)10(13)14/h8-9H,2-7,11H2,1H3,(H,13,14)/t8-,9?/m0/s1. The fourth-order valence-corrected chi connectivity index (χ4v) is 1.83. The fourth-order valence-electron chi connectivity index (χ4n) is 1.83. The van der Waals surface area contributed by atoms with Crippen molar-refractivity contribution in [2.45, 2.75) is 44.9 Å². The number of nitrogens with two attached hydrogens (primary N) is 1. The summed E-state index contributed by atoms with van der Waals surface area (Å²) in [5.74, 6) is 0. The van der Waals surface area contributed by atoms with Gasteiger partial charge in [0.2, 0.25) is 0 Å². The van der Waals surface area contributed by atoms with Gasteiger partial charge in [0.1, 0.15) is 6.23 Å². The molecule has 1 unspecified atom stereocenters. The van der Waals surface area contributed by atoms with Crippen molar-refractivity contribution in [2.75, 3.05) is 13.1 Å². The van der Waals surface area contributed by atoms with Crippen molar-refractivity contribution in [3.8, 4) is 0 Å². The first-order valence-electron chi connectivity index (χ1n) is 5.50. The van der Waals surface area contributed by atoms with E-state index < -0.39 is 6.09 Å². The van der Waals surface area contributed by atoms with E-state index in [0.29, 0.717) is 13.1 Å². The van der Waals surface area contributed by atoms with E-state index in [0.717, 1.165) is 25.7 Å². The molecule has 3 N–H and O–H groups in total. The Balaban J connectivity index is 2.45. The van der Waals surface area contributed by atoms with Gasteiger partial charge in [0.25, 0.3) is 0 Å². The van der Waals surface area contributed by atoms with E-state index in [1.54, 1.807) is 0 Å². The number of carboxylic acid groups (broad SMARTS) is 1. The maximum atomic E-state index is 10.9. The lowest BCUT2D eigenvalue weighted by atomic mass is 10.1. The quantitative estimate of drug-likeness (QED) is 0.741. The van der Waals surface area contributed by atoms with E-state index in [1.807, 2.05) is 6.92 Å². The van der Waals surface area contributed by atoms with E-state index in [-0.39, 0.29) is 12.3 Å². The highest BCUT2D eigenvalue weighted by atomic mass is 16.5. The van der Waals surface area contributed by atoms with Gasteiger partial charge in [-0.3, -0.25) is 4.90 Å². The summed E-state index contributed by atoms with van der Waals surface area (Å²) in [6.07, 6.45) is 2.38. The third-order valence-electron chi connectivity index (χ3n) is 2.66. The Morgan fingerprint density at radius 2 is 2.40 bits per heavy atom. The van der Waals surface area contributed by atoms with Crippen molar-refractivity contribution in [1.29, 1.82) is 0 Å². The minimum Gasteiger partial charge on any atom is -0.465 e. The number of rotatable bonds is 4. The summed E-state index contributed by atoms with van der Waals surface area (Å²) in [5.41, 5.74) is 5.42. The van der Waals surface area contributed by atoms with Crippen LogP contribution in [0.5, 0.6) is 0 Å². The normalized spacial score (nSPS) is 23.9. The molecule has 0 aromatic heterocycles. The largest absolute Gasteiger partial charge is 0.465 e. The van der Waals surface area contributed by atoms with Crippen LogP contribution in [0.3, 0.4) is 0 Å². The molecule has 1 saturated heterocycles. The van der Waals surface area contributed by atoms with E-state index in [9.17, 15) is 4.79 Å². The SMILES string of the molecule is C[C@@H](CCN)OC1CCCCN1C(=O)O. The van der Waals surface area contributed by atoms with Crippen LogP contribution in [0.2, 0.25) is 0 Å². The van der Waals surface area contributed by atoms with Gasteiger partial charge < -0.3 is 15.6 Å². The molecule has 0 saturated carbocycles. The Bertz CT molecular complexity index is 211. The van der Waals surface area contributed by atoms with Crippen LogP contribution in [0.4, 0.5) is 4.79 Å². The van der Waals surface area contributed by atoms with Crippen molar-refractivity contribution in [3.05, 3.63) is 0 Å². The highest BCUT2D eigenvalue weighted by Crippen LogP contribution is 2.19. The summed E-state index contributed by atoms with van der Waals surface area (Å²) in [7, 11) is 0. The third-order valence-corrected chi connectivity index (χ3v) is 2.66. The van der Waals surface area contributed by atoms with Crippen molar-refractivity contribution in [2.24, 2.45) is 5.73 Å². The Kier molecular flexibility index (Phi) is 4.84. The van der Waals surface area contributed by atoms with Crippen molar-refractivity contribution < 1.29 is 14.6 Å². The second-order valence-electron chi connectivity index (χ2n) is 3.95.